The van der Waals surface area contributed by atoms with E-state index in [4.69, 9.17) is 5.84 Å². The summed E-state index contributed by atoms with van der Waals surface area (Å²) in [5.41, 5.74) is 2.51. The molecular weight excluding hydrogens is 286 g/mol. The van der Waals surface area contributed by atoms with Crippen LogP contribution in [0.2, 0.25) is 0 Å². The lowest BCUT2D eigenvalue weighted by Gasteiger charge is -2.08. The minimum atomic E-state index is 0.420. The van der Waals surface area contributed by atoms with Crippen molar-refractivity contribution >= 4 is 33.3 Å². The molecule has 0 fully saturated rings. The Morgan fingerprint density at radius 3 is 2.95 bits per heavy atom. The van der Waals surface area contributed by atoms with Gasteiger partial charge in [0.15, 0.2) is 0 Å². The lowest BCUT2D eigenvalue weighted by atomic mass is 10.3. The summed E-state index contributed by atoms with van der Waals surface area (Å²) in [6, 6.07) is 2.09. The summed E-state index contributed by atoms with van der Waals surface area (Å²) in [5, 5.41) is 4.37. The van der Waals surface area contributed by atoms with Gasteiger partial charge in [-0.1, -0.05) is 0 Å². The number of nitrogens with zero attached hydrogens (tertiary/aromatic N) is 4. The Labute approximate surface area is 126 Å². The fourth-order valence-corrected chi connectivity index (χ4v) is 3.05. The van der Waals surface area contributed by atoms with Crippen LogP contribution in [0.15, 0.2) is 18.5 Å². The second kappa shape index (κ2) is 5.66. The van der Waals surface area contributed by atoms with Gasteiger partial charge < -0.3 is 9.88 Å². The van der Waals surface area contributed by atoms with E-state index in [1.807, 2.05) is 17.8 Å². The first kappa shape index (κ1) is 13.8. The van der Waals surface area contributed by atoms with E-state index in [9.17, 15) is 0 Å². The molecule has 0 radical (unpaired) electrons. The van der Waals surface area contributed by atoms with Crippen molar-refractivity contribution in [1.82, 2.24) is 19.5 Å². The van der Waals surface area contributed by atoms with Gasteiger partial charge in [-0.05, 0) is 13.0 Å². The zero-order chi connectivity index (χ0) is 14.8. The fourth-order valence-electron chi connectivity index (χ4n) is 2.17. The van der Waals surface area contributed by atoms with Gasteiger partial charge in [-0.3, -0.25) is 5.43 Å². The number of nitrogen functional groups attached to an aromatic ring is 1. The first-order chi connectivity index (χ1) is 10.2. The van der Waals surface area contributed by atoms with Crippen molar-refractivity contribution in [3.8, 4) is 0 Å². The molecule has 0 atom stereocenters. The number of nitrogens with two attached hydrogens (primary N) is 1. The molecule has 0 spiro atoms. The number of hydrogen-bond donors (Lipinski definition) is 3. The molecule has 8 heteroatoms. The molecule has 110 valence electrons. The molecule has 21 heavy (non-hydrogen) atoms. The Kier molecular flexibility index (Phi) is 3.72. The average Bonchev–Trinajstić information content (AvgIpc) is 3.04. The minimum Gasteiger partial charge on any atom is -0.369 e. The average molecular weight is 303 g/mol. The van der Waals surface area contributed by atoms with E-state index in [2.05, 4.69) is 38.7 Å². The number of rotatable bonds is 5. The van der Waals surface area contributed by atoms with Gasteiger partial charge in [0.2, 0.25) is 5.95 Å². The summed E-state index contributed by atoms with van der Waals surface area (Å²) in [6.45, 7) is 2.80. The molecule has 3 rings (SSSR count). The maximum Gasteiger partial charge on any atom is 0.240 e. The van der Waals surface area contributed by atoms with Crippen molar-refractivity contribution in [1.29, 1.82) is 0 Å². The van der Waals surface area contributed by atoms with E-state index in [1.54, 1.807) is 17.5 Å². The number of imidazole rings is 1. The number of hydrazine groups is 1. The summed E-state index contributed by atoms with van der Waals surface area (Å²) in [5.74, 6) is 7.68. The van der Waals surface area contributed by atoms with E-state index in [1.165, 1.54) is 4.88 Å². The van der Waals surface area contributed by atoms with Gasteiger partial charge in [0, 0.05) is 37.3 Å². The molecule has 7 nitrogen and oxygen atoms in total. The van der Waals surface area contributed by atoms with Crippen LogP contribution in [0, 0.1) is 6.92 Å². The first-order valence-electron chi connectivity index (χ1n) is 6.62. The predicted molar refractivity (Wildman–Crippen MR) is 85.4 cm³/mol. The highest BCUT2D eigenvalue weighted by atomic mass is 32.1. The van der Waals surface area contributed by atoms with Crippen LogP contribution in [0.5, 0.6) is 0 Å². The van der Waals surface area contributed by atoms with Gasteiger partial charge in [0.25, 0.3) is 0 Å². The largest absolute Gasteiger partial charge is 0.369 e. The van der Waals surface area contributed by atoms with Crippen LogP contribution in [-0.4, -0.2) is 26.1 Å². The molecule has 3 heterocycles. The highest BCUT2D eigenvalue weighted by Crippen LogP contribution is 2.29. The summed E-state index contributed by atoms with van der Waals surface area (Å²) >= 11 is 1.63. The van der Waals surface area contributed by atoms with Gasteiger partial charge in [-0.25, -0.2) is 15.8 Å². The zero-order valence-electron chi connectivity index (χ0n) is 11.9. The van der Waals surface area contributed by atoms with Gasteiger partial charge in [0.1, 0.15) is 16.5 Å². The van der Waals surface area contributed by atoms with E-state index in [0.717, 1.165) is 34.8 Å². The van der Waals surface area contributed by atoms with Crippen molar-refractivity contribution in [2.24, 2.45) is 12.9 Å². The van der Waals surface area contributed by atoms with Gasteiger partial charge >= 0.3 is 0 Å². The molecule has 0 amide bonds. The second-order valence-corrected chi connectivity index (χ2v) is 5.98. The number of aryl methyl sites for hydroxylation is 2. The molecule has 0 aliphatic carbocycles. The van der Waals surface area contributed by atoms with E-state index in [-0.39, 0.29) is 0 Å². The highest BCUT2D eigenvalue weighted by molar-refractivity contribution is 7.18. The monoisotopic (exact) mass is 303 g/mol. The third-order valence-corrected chi connectivity index (χ3v) is 4.15. The first-order valence-corrected chi connectivity index (χ1v) is 7.44. The molecule has 3 aromatic rings. The Bertz CT molecular complexity index is 761. The van der Waals surface area contributed by atoms with E-state index >= 15 is 0 Å². The second-order valence-electron chi connectivity index (χ2n) is 4.75. The molecule has 0 aliphatic rings. The molecule has 0 aromatic carbocycles. The van der Waals surface area contributed by atoms with E-state index in [0.29, 0.717) is 5.95 Å². The Balaban J connectivity index is 1.80. The van der Waals surface area contributed by atoms with Crippen molar-refractivity contribution in [3.05, 3.63) is 29.2 Å². The van der Waals surface area contributed by atoms with Crippen LogP contribution in [0.4, 0.5) is 11.8 Å². The third kappa shape index (κ3) is 2.81. The third-order valence-electron chi connectivity index (χ3n) is 3.21. The topological polar surface area (TPSA) is 93.7 Å². The van der Waals surface area contributed by atoms with Crippen LogP contribution in [-0.2, 0) is 13.5 Å². The number of anilines is 2. The van der Waals surface area contributed by atoms with Crippen LogP contribution >= 0.6 is 11.3 Å². The van der Waals surface area contributed by atoms with Crippen LogP contribution in [0.1, 0.15) is 10.7 Å². The number of nitrogens with one attached hydrogen (secondary N) is 2. The molecule has 0 saturated heterocycles. The smallest absolute Gasteiger partial charge is 0.240 e. The Hall–Kier alpha value is -2.19. The summed E-state index contributed by atoms with van der Waals surface area (Å²) in [6.07, 6.45) is 4.57. The number of hydrogen-bond acceptors (Lipinski definition) is 7. The molecular formula is C13H17N7S. The SMILES string of the molecule is Cc1cc2c(NCCc3nccn3C)nc(NN)nc2s1. The summed E-state index contributed by atoms with van der Waals surface area (Å²) < 4.78 is 2.01. The molecule has 0 saturated carbocycles. The van der Waals surface area contributed by atoms with Crippen LogP contribution < -0.4 is 16.6 Å². The van der Waals surface area contributed by atoms with Gasteiger partial charge in [0.05, 0.1) is 5.39 Å². The predicted octanol–water partition coefficient (Wildman–Crippen LogP) is 1.67. The molecule has 4 N–H and O–H groups in total. The summed E-state index contributed by atoms with van der Waals surface area (Å²) in [7, 11) is 1.99. The normalized spacial score (nSPS) is 11.0. The molecule has 3 aromatic heterocycles. The molecule has 0 unspecified atom stereocenters. The minimum absolute atomic E-state index is 0.420. The number of aromatic nitrogens is 4. The van der Waals surface area contributed by atoms with Crippen molar-refractivity contribution in [2.75, 3.05) is 17.3 Å². The Morgan fingerprint density at radius 1 is 1.38 bits per heavy atom. The van der Waals surface area contributed by atoms with Crippen LogP contribution in [0.3, 0.4) is 0 Å². The number of fused-ring (bicyclic) bond motifs is 1. The van der Waals surface area contributed by atoms with E-state index < -0.39 is 0 Å². The lowest BCUT2D eigenvalue weighted by Crippen LogP contribution is -2.13. The highest BCUT2D eigenvalue weighted by Gasteiger charge is 2.10. The van der Waals surface area contributed by atoms with Crippen LogP contribution in [0.25, 0.3) is 10.2 Å². The van der Waals surface area contributed by atoms with Crippen molar-refractivity contribution in [3.63, 3.8) is 0 Å². The standard InChI is InChI=1S/C13H17N7S/c1-8-7-9-11(17-13(19-14)18-12(9)21-8)16-4-3-10-15-5-6-20(10)2/h5-7H,3-4,14H2,1-2H3,(H2,16,17,18,19). The maximum absolute atomic E-state index is 5.43. The van der Waals surface area contributed by atoms with Crippen molar-refractivity contribution < 1.29 is 0 Å². The lowest BCUT2D eigenvalue weighted by molar-refractivity contribution is 0.789. The zero-order valence-corrected chi connectivity index (χ0v) is 12.7. The van der Waals surface area contributed by atoms with Gasteiger partial charge in [-0.2, -0.15) is 4.98 Å². The fraction of sp³-hybridized carbons (Fsp3) is 0.308. The summed E-state index contributed by atoms with van der Waals surface area (Å²) in [4.78, 5) is 15.2. The molecule has 0 bridgehead atoms. The quantitative estimate of drug-likeness (QED) is 0.490. The number of thiophene rings is 1. The van der Waals surface area contributed by atoms with Crippen molar-refractivity contribution in [2.45, 2.75) is 13.3 Å². The molecule has 0 aliphatic heterocycles. The Morgan fingerprint density at radius 2 is 2.24 bits per heavy atom. The maximum atomic E-state index is 5.43. The van der Waals surface area contributed by atoms with Gasteiger partial charge in [-0.15, -0.1) is 11.3 Å².